The van der Waals surface area contributed by atoms with Crippen LogP contribution < -0.4 is 51.4 Å². The third-order valence-corrected chi connectivity index (χ3v) is 0. The molecule has 0 rings (SSSR count). The molecule has 0 aromatic carbocycles. The summed E-state index contributed by atoms with van der Waals surface area (Å²) < 4.78 is 0. The summed E-state index contributed by atoms with van der Waals surface area (Å²) in [5, 5.41) is 0. The number of hydrogen-bond donors (Lipinski definition) is 0. The van der Waals surface area contributed by atoms with Crippen LogP contribution in [0.1, 0.15) is 0 Å². The van der Waals surface area contributed by atoms with Gasteiger partial charge in [-0.05, 0) is 0 Å². The fraction of sp³-hybridized carbons (Fsp3) is 0. The monoisotopic (exact) mass is 107 g/mol. The third kappa shape index (κ3) is 30.4. The van der Waals surface area contributed by atoms with E-state index in [9.17, 15) is 0 Å². The number of rotatable bonds is 0. The Labute approximate surface area is 72.2 Å². The van der Waals surface area contributed by atoms with E-state index < -0.39 is 0 Å². The van der Waals surface area contributed by atoms with Crippen molar-refractivity contribution in [3.63, 3.8) is 0 Å². The van der Waals surface area contributed by atoms with Crippen LogP contribution in [0, 0.1) is 0 Å². The molecular weight excluding hydrogens is 103 g/mol. The minimum Gasteiger partial charge on any atom is -0.870 e. The maximum Gasteiger partial charge on any atom is 1.00 e. The predicted octanol–water partition coefficient (Wildman–Crippen LogP) is -3.70. The summed E-state index contributed by atoms with van der Waals surface area (Å²) in [6, 6.07) is 0. The van der Waals surface area contributed by atoms with Crippen LogP contribution in [0.2, 0.25) is 0 Å². The van der Waals surface area contributed by atoms with Crippen LogP contribution in [0.5, 0.6) is 0 Å². The normalized spacial score (nSPS) is 0. The van der Waals surface area contributed by atoms with E-state index in [4.69, 9.17) is 0 Å². The molecule has 32 valence electrons. The summed E-state index contributed by atoms with van der Waals surface area (Å²) >= 11 is 0. The largest absolute Gasteiger partial charge is 1.00 e. The van der Waals surface area contributed by atoms with Gasteiger partial charge in [0.05, 0.1) is 0 Å². The van der Waals surface area contributed by atoms with Crippen LogP contribution in [0.15, 0.2) is 0 Å². The van der Waals surface area contributed by atoms with Crippen molar-refractivity contribution in [2.24, 2.45) is 0 Å². The molecule has 0 aliphatic heterocycles. The Bertz CT molecular complexity index is 3.61. The van der Waals surface area contributed by atoms with E-state index in [2.05, 4.69) is 0 Å². The second kappa shape index (κ2) is 50.3. The zero-order valence-electron chi connectivity index (χ0n) is 2.79. The van der Waals surface area contributed by atoms with Crippen LogP contribution in [0.3, 0.4) is 0 Å². The summed E-state index contributed by atoms with van der Waals surface area (Å²) in [6.07, 6.45) is 0. The van der Waals surface area contributed by atoms with Crippen LogP contribution in [-0.4, -0.2) is 21.9 Å². The van der Waals surface area contributed by atoms with Crippen molar-refractivity contribution in [2.45, 2.75) is 0 Å². The van der Waals surface area contributed by atoms with E-state index in [1.807, 2.05) is 0 Å². The van der Waals surface area contributed by atoms with Gasteiger partial charge in [0.1, 0.15) is 0 Å². The molecule has 4 nitrogen and oxygen atoms in total. The van der Waals surface area contributed by atoms with Gasteiger partial charge in [-0.3, -0.25) is 0 Å². The van der Waals surface area contributed by atoms with Crippen molar-refractivity contribution in [1.82, 2.24) is 0 Å². The first-order valence-electron chi connectivity index (χ1n) is 0. The predicted molar refractivity (Wildman–Crippen MR) is 7.74 cm³/mol. The Morgan fingerprint density at radius 1 is 0.400 bits per heavy atom. The Balaban J connectivity index is 0. The van der Waals surface area contributed by atoms with Crippen LogP contribution in [0.25, 0.3) is 0 Å². The maximum atomic E-state index is 0. The second-order valence-electron chi connectivity index (χ2n) is 0. The minimum absolute atomic E-state index is 0. The average Bonchev–Trinajstić information content (AvgIpc) is 0. The molecule has 0 saturated carbocycles. The first-order chi connectivity index (χ1) is 0. The maximum absolute atomic E-state index is 0. The molecule has 4 N–H and O–H groups in total. The number of hydrogen-bond acceptors (Lipinski definition) is 4. The molecule has 0 atom stereocenters. The first kappa shape index (κ1) is 89.1. The van der Waals surface area contributed by atoms with Crippen LogP contribution >= 0.6 is 0 Å². The van der Waals surface area contributed by atoms with E-state index in [1.54, 1.807) is 0 Å². The summed E-state index contributed by atoms with van der Waals surface area (Å²) in [7, 11) is 0. The van der Waals surface area contributed by atoms with Crippen molar-refractivity contribution in [3.05, 3.63) is 0 Å². The van der Waals surface area contributed by atoms with Crippen molar-refractivity contribution in [3.8, 4) is 0 Å². The average molecular weight is 107 g/mol. The quantitative estimate of drug-likeness (QED) is 0.296. The first-order valence-corrected chi connectivity index (χ1v) is 0. The Hall–Kier alpha value is 1.48. The topological polar surface area (TPSA) is 120 Å². The van der Waals surface area contributed by atoms with Crippen LogP contribution in [-0.2, 0) is 0 Å². The van der Waals surface area contributed by atoms with Gasteiger partial charge < -0.3 is 21.9 Å². The van der Waals surface area contributed by atoms with Gasteiger partial charge in [0.2, 0.25) is 0 Å². The fourth-order valence-corrected chi connectivity index (χ4v) is 0. The van der Waals surface area contributed by atoms with E-state index in [-0.39, 0.29) is 73.3 Å². The fourth-order valence-electron chi connectivity index (χ4n) is 0. The Morgan fingerprint density at radius 3 is 0.400 bits per heavy atom. The molecule has 0 saturated heterocycles. The van der Waals surface area contributed by atoms with Crippen molar-refractivity contribution >= 4 is 0 Å². The standard InChI is InChI=1S/K.4H2O/h;4*1H2/q+1;;;;/p-4. The molecule has 0 amide bonds. The van der Waals surface area contributed by atoms with Gasteiger partial charge in [-0.15, -0.1) is 0 Å². The molecule has 0 fully saturated rings. The molecule has 0 radical (unpaired) electrons. The molecule has 0 unspecified atom stereocenters. The summed E-state index contributed by atoms with van der Waals surface area (Å²) in [5.74, 6) is 0. The molecule has 0 aromatic heterocycles. The second-order valence-corrected chi connectivity index (χ2v) is 0. The van der Waals surface area contributed by atoms with E-state index >= 15 is 0 Å². The summed E-state index contributed by atoms with van der Waals surface area (Å²) in [5.41, 5.74) is 0. The van der Waals surface area contributed by atoms with Crippen molar-refractivity contribution in [1.29, 1.82) is 0 Å². The smallest absolute Gasteiger partial charge is 0.870 e. The van der Waals surface area contributed by atoms with E-state index in [0.29, 0.717) is 0 Å². The molecule has 0 heterocycles. The van der Waals surface area contributed by atoms with Crippen LogP contribution in [0.4, 0.5) is 0 Å². The van der Waals surface area contributed by atoms with Gasteiger partial charge in [-0.2, -0.15) is 0 Å². The van der Waals surface area contributed by atoms with Gasteiger partial charge in [0.15, 0.2) is 0 Å². The zero-order valence-corrected chi connectivity index (χ0v) is 5.91. The molecule has 0 aliphatic carbocycles. The summed E-state index contributed by atoms with van der Waals surface area (Å²) in [6.45, 7) is 0. The van der Waals surface area contributed by atoms with Gasteiger partial charge in [0, 0.05) is 0 Å². The molecule has 0 bridgehead atoms. The summed E-state index contributed by atoms with van der Waals surface area (Å²) in [4.78, 5) is 0. The molecule has 0 aromatic rings. The molecule has 0 aliphatic rings. The van der Waals surface area contributed by atoms with Gasteiger partial charge in [-0.25, -0.2) is 0 Å². The molecule has 5 heavy (non-hydrogen) atoms. The van der Waals surface area contributed by atoms with E-state index in [0.717, 1.165) is 0 Å². The molecule has 0 spiro atoms. The van der Waals surface area contributed by atoms with Crippen molar-refractivity contribution < 1.29 is 73.3 Å². The Morgan fingerprint density at radius 2 is 0.400 bits per heavy atom. The van der Waals surface area contributed by atoms with E-state index in [1.165, 1.54) is 0 Å². The SMILES string of the molecule is [K+].[OH-].[OH-].[OH-].[OH-]. The van der Waals surface area contributed by atoms with Crippen molar-refractivity contribution in [2.75, 3.05) is 0 Å². The Kier molecular flexibility index (Phi) is 897. The van der Waals surface area contributed by atoms with Gasteiger partial charge >= 0.3 is 51.4 Å². The minimum atomic E-state index is 0. The molecule has 5 heteroatoms. The molecular formula is H4KO4-3. The zero-order chi connectivity index (χ0) is 0. The third-order valence-electron chi connectivity index (χ3n) is 0. The van der Waals surface area contributed by atoms with Gasteiger partial charge in [0.25, 0.3) is 0 Å². The van der Waals surface area contributed by atoms with Gasteiger partial charge in [-0.1, -0.05) is 0 Å².